The van der Waals surface area contributed by atoms with Gasteiger partial charge in [0.25, 0.3) is 0 Å². The average Bonchev–Trinajstić information content (AvgIpc) is 2.31. The lowest BCUT2D eigenvalue weighted by Crippen LogP contribution is -2.27. The van der Waals surface area contributed by atoms with Gasteiger partial charge in [-0.15, -0.1) is 0 Å². The van der Waals surface area contributed by atoms with Gasteiger partial charge in [-0.3, -0.25) is 0 Å². The van der Waals surface area contributed by atoms with E-state index in [0.717, 1.165) is 5.46 Å². The van der Waals surface area contributed by atoms with E-state index in [9.17, 15) is 4.79 Å². The number of rotatable bonds is 0. The lowest BCUT2D eigenvalue weighted by Gasteiger charge is -2.18. The monoisotopic (exact) mass is 180 g/mol. The Hall–Kier alpha value is -1.26. The maximum absolute atomic E-state index is 11.4. The maximum Gasteiger partial charge on any atom is 0.435 e. The molecule has 0 N–H and O–H groups in total. The first-order valence-corrected chi connectivity index (χ1v) is 4.13. The number of nitrogens with zero attached hydrogens (tertiary/aromatic N) is 2. The molecule has 0 saturated carbocycles. The van der Waals surface area contributed by atoms with E-state index >= 15 is 0 Å². The molecule has 0 radical (unpaired) electrons. The Balaban J connectivity index is 2.70. The van der Waals surface area contributed by atoms with Gasteiger partial charge in [-0.25, -0.2) is 4.79 Å². The summed E-state index contributed by atoms with van der Waals surface area (Å²) < 4.78 is 6.29. The second-order valence-corrected chi connectivity index (χ2v) is 3.94. The number of carbonyl (C=O) groups excluding carboxylic acids is 1. The Morgan fingerprint density at radius 3 is 2.62 bits per heavy atom. The van der Waals surface area contributed by atoms with Gasteiger partial charge in [0.05, 0.1) is 0 Å². The van der Waals surface area contributed by atoms with Gasteiger partial charge in [-0.1, -0.05) is 5.46 Å². The summed E-state index contributed by atoms with van der Waals surface area (Å²) >= 11 is 0. The average molecular weight is 180 g/mol. The lowest BCUT2D eigenvalue weighted by atomic mass is 10.0. The fourth-order valence-electron chi connectivity index (χ4n) is 0.821. The van der Waals surface area contributed by atoms with Gasteiger partial charge in [0.1, 0.15) is 13.4 Å². The molecule has 0 unspecified atom stereocenters. The van der Waals surface area contributed by atoms with E-state index in [2.05, 4.69) is 5.10 Å². The van der Waals surface area contributed by atoms with Crippen molar-refractivity contribution in [1.29, 1.82) is 0 Å². The van der Waals surface area contributed by atoms with Crippen molar-refractivity contribution in [3.8, 4) is 0 Å². The molecule has 0 bridgehead atoms. The Kier molecular flexibility index (Phi) is 2.45. The Bertz CT molecular complexity index is 314. The van der Waals surface area contributed by atoms with Crippen LogP contribution in [0.4, 0.5) is 4.79 Å². The summed E-state index contributed by atoms with van der Waals surface area (Å²) in [7, 11) is 1.87. The topological polar surface area (TPSA) is 44.1 Å². The van der Waals surface area contributed by atoms with Crippen LogP contribution in [0.3, 0.4) is 0 Å². The summed E-state index contributed by atoms with van der Waals surface area (Å²) in [6.07, 6.45) is 2.80. The number of carbonyl (C=O) groups is 1. The summed E-state index contributed by atoms with van der Waals surface area (Å²) in [5.74, 6) is 0. The highest BCUT2D eigenvalue weighted by Gasteiger charge is 2.17. The van der Waals surface area contributed by atoms with Crippen LogP contribution in [0.15, 0.2) is 12.4 Å². The third kappa shape index (κ3) is 2.93. The molecule has 0 aromatic carbocycles. The molecule has 1 heterocycles. The first-order valence-electron chi connectivity index (χ1n) is 4.13. The summed E-state index contributed by atoms with van der Waals surface area (Å²) in [5.41, 5.74) is 0.461. The predicted molar refractivity (Wildman–Crippen MR) is 52.0 cm³/mol. The van der Waals surface area contributed by atoms with Gasteiger partial charge < -0.3 is 4.74 Å². The molecule has 0 amide bonds. The van der Waals surface area contributed by atoms with Gasteiger partial charge in [-0.05, 0) is 20.8 Å². The molecular weight excluding hydrogens is 167 g/mol. The van der Waals surface area contributed by atoms with Crippen LogP contribution in [0.2, 0.25) is 0 Å². The number of hydrogen-bond donors (Lipinski definition) is 0. The van der Waals surface area contributed by atoms with Crippen LogP contribution >= 0.6 is 0 Å². The van der Waals surface area contributed by atoms with Gasteiger partial charge in [0.15, 0.2) is 0 Å². The molecule has 13 heavy (non-hydrogen) atoms. The molecule has 0 aliphatic rings. The van der Waals surface area contributed by atoms with E-state index in [1.807, 2.05) is 28.6 Å². The number of ether oxygens (including phenoxy) is 1. The SMILES string of the molecule is Bc1cnn(C(=O)OC(C)(C)C)c1. The molecule has 0 aliphatic heterocycles. The zero-order valence-electron chi connectivity index (χ0n) is 8.37. The van der Waals surface area contributed by atoms with Crippen molar-refractivity contribution in [3.63, 3.8) is 0 Å². The third-order valence-corrected chi connectivity index (χ3v) is 1.29. The van der Waals surface area contributed by atoms with E-state index < -0.39 is 11.7 Å². The van der Waals surface area contributed by atoms with Crippen molar-refractivity contribution in [2.75, 3.05) is 0 Å². The molecule has 0 spiro atoms. The molecular formula is C8H13BN2O2. The van der Waals surface area contributed by atoms with E-state index in [1.54, 1.807) is 12.4 Å². The fourth-order valence-corrected chi connectivity index (χ4v) is 0.821. The van der Waals surface area contributed by atoms with Crippen LogP contribution in [-0.2, 0) is 4.74 Å². The van der Waals surface area contributed by atoms with Crippen LogP contribution < -0.4 is 5.46 Å². The normalized spacial score (nSPS) is 11.3. The predicted octanol–water partition coefficient (Wildman–Crippen LogP) is -0.0753. The Labute approximate surface area is 78.3 Å². The van der Waals surface area contributed by atoms with Crippen LogP contribution in [0.25, 0.3) is 0 Å². The molecule has 4 nitrogen and oxygen atoms in total. The molecule has 0 saturated heterocycles. The minimum absolute atomic E-state index is 0.444. The number of hydrogen-bond acceptors (Lipinski definition) is 3. The van der Waals surface area contributed by atoms with Crippen molar-refractivity contribution < 1.29 is 9.53 Å². The quantitative estimate of drug-likeness (QED) is 0.524. The number of aromatic nitrogens is 2. The van der Waals surface area contributed by atoms with Crippen LogP contribution in [0.5, 0.6) is 0 Å². The van der Waals surface area contributed by atoms with Gasteiger partial charge in [0.2, 0.25) is 0 Å². The molecule has 0 atom stereocenters. The Morgan fingerprint density at radius 1 is 1.62 bits per heavy atom. The van der Waals surface area contributed by atoms with Crippen LogP contribution in [0, 0.1) is 0 Å². The summed E-state index contributed by atoms with van der Waals surface area (Å²) in [5, 5.41) is 3.84. The van der Waals surface area contributed by atoms with E-state index in [1.165, 1.54) is 4.68 Å². The molecule has 5 heteroatoms. The zero-order chi connectivity index (χ0) is 10.1. The van der Waals surface area contributed by atoms with Crippen LogP contribution in [0.1, 0.15) is 20.8 Å². The van der Waals surface area contributed by atoms with Crippen LogP contribution in [-0.4, -0.2) is 29.3 Å². The first kappa shape index (κ1) is 9.83. The molecule has 1 aromatic heterocycles. The van der Waals surface area contributed by atoms with Gasteiger partial charge >= 0.3 is 6.09 Å². The first-order chi connectivity index (χ1) is 5.88. The molecule has 1 aromatic rings. The smallest absolute Gasteiger partial charge is 0.435 e. The Morgan fingerprint density at radius 2 is 2.23 bits per heavy atom. The van der Waals surface area contributed by atoms with Crippen molar-refractivity contribution in [1.82, 2.24) is 9.78 Å². The van der Waals surface area contributed by atoms with Crippen molar-refractivity contribution >= 4 is 19.4 Å². The standard InChI is InChI=1S/C8H13BN2O2/c1-8(2,3)13-7(12)11-5-6(9)4-10-11/h4-5H,9H2,1-3H3. The molecule has 0 fully saturated rings. The largest absolute Gasteiger partial charge is 0.442 e. The molecule has 1 rings (SSSR count). The maximum atomic E-state index is 11.4. The van der Waals surface area contributed by atoms with Gasteiger partial charge in [0, 0.05) is 12.4 Å². The second-order valence-electron chi connectivity index (χ2n) is 3.94. The summed E-state index contributed by atoms with van der Waals surface area (Å²) in [6, 6.07) is 0. The summed E-state index contributed by atoms with van der Waals surface area (Å²) in [6.45, 7) is 5.46. The van der Waals surface area contributed by atoms with Gasteiger partial charge in [-0.2, -0.15) is 9.78 Å². The van der Waals surface area contributed by atoms with Crippen molar-refractivity contribution in [2.45, 2.75) is 26.4 Å². The van der Waals surface area contributed by atoms with E-state index in [4.69, 9.17) is 4.74 Å². The molecule has 0 aliphatic carbocycles. The van der Waals surface area contributed by atoms with Crippen molar-refractivity contribution in [3.05, 3.63) is 12.4 Å². The fraction of sp³-hybridized carbons (Fsp3) is 0.500. The highest BCUT2D eigenvalue weighted by Crippen LogP contribution is 2.07. The van der Waals surface area contributed by atoms with E-state index in [0.29, 0.717) is 0 Å². The minimum Gasteiger partial charge on any atom is -0.442 e. The lowest BCUT2D eigenvalue weighted by molar-refractivity contribution is 0.0514. The highest BCUT2D eigenvalue weighted by atomic mass is 16.6. The summed E-state index contributed by atoms with van der Waals surface area (Å²) in [4.78, 5) is 11.4. The molecule has 70 valence electrons. The second kappa shape index (κ2) is 3.24. The van der Waals surface area contributed by atoms with E-state index in [-0.39, 0.29) is 0 Å². The van der Waals surface area contributed by atoms with Crippen molar-refractivity contribution in [2.24, 2.45) is 0 Å². The zero-order valence-corrected chi connectivity index (χ0v) is 8.37. The third-order valence-electron chi connectivity index (χ3n) is 1.29. The highest BCUT2D eigenvalue weighted by molar-refractivity contribution is 6.32. The minimum atomic E-state index is -0.475.